The van der Waals surface area contributed by atoms with E-state index in [4.69, 9.17) is 0 Å². The van der Waals surface area contributed by atoms with Gasteiger partial charge in [-0.15, -0.1) is 0 Å². The van der Waals surface area contributed by atoms with Crippen LogP contribution in [0, 0.1) is 17.2 Å². The number of hydrogen-bond acceptors (Lipinski definition) is 3. The summed E-state index contributed by atoms with van der Waals surface area (Å²) < 4.78 is 0. The van der Waals surface area contributed by atoms with Gasteiger partial charge in [-0.3, -0.25) is 5.32 Å². The summed E-state index contributed by atoms with van der Waals surface area (Å²) in [6, 6.07) is 2.57. The molecule has 17 heavy (non-hydrogen) atoms. The maximum atomic E-state index is 9.49. The number of nitrogens with one attached hydrogen (secondary N) is 1. The maximum Gasteiger partial charge on any atom is 0.118 e. The Bertz CT molecular complexity index is 245. The molecule has 1 fully saturated rings. The molecule has 0 radical (unpaired) electrons. The fourth-order valence-corrected chi connectivity index (χ4v) is 3.36. The molecule has 0 bridgehead atoms. The van der Waals surface area contributed by atoms with Crippen LogP contribution in [0.4, 0.5) is 0 Å². The Kier molecular flexibility index (Phi) is 6.99. The largest absolute Gasteiger partial charge is 0.298 e. The summed E-state index contributed by atoms with van der Waals surface area (Å²) in [5.41, 5.74) is -0.229. The summed E-state index contributed by atoms with van der Waals surface area (Å²) >= 11 is 1.96. The smallest absolute Gasteiger partial charge is 0.118 e. The van der Waals surface area contributed by atoms with Crippen LogP contribution in [0.5, 0.6) is 0 Å². The third-order valence-electron chi connectivity index (χ3n) is 3.39. The van der Waals surface area contributed by atoms with Crippen molar-refractivity contribution in [2.24, 2.45) is 5.92 Å². The molecule has 0 aliphatic heterocycles. The van der Waals surface area contributed by atoms with Crippen molar-refractivity contribution in [3.8, 4) is 6.07 Å². The highest BCUT2D eigenvalue weighted by Crippen LogP contribution is 2.41. The van der Waals surface area contributed by atoms with Crippen molar-refractivity contribution in [1.82, 2.24) is 5.32 Å². The molecule has 1 aliphatic carbocycles. The van der Waals surface area contributed by atoms with Gasteiger partial charge in [-0.2, -0.15) is 17.0 Å². The lowest BCUT2D eigenvalue weighted by molar-refractivity contribution is 0.405. The molecule has 1 atom stereocenters. The van der Waals surface area contributed by atoms with E-state index in [-0.39, 0.29) is 5.54 Å². The number of hydrogen-bond donors (Lipinski definition) is 1. The van der Waals surface area contributed by atoms with Gasteiger partial charge in [0.05, 0.1) is 6.07 Å². The Morgan fingerprint density at radius 2 is 2.06 bits per heavy atom. The second-order valence-electron chi connectivity index (χ2n) is 5.04. The number of nitrogens with zero attached hydrogens (tertiary/aromatic N) is 1. The van der Waals surface area contributed by atoms with Crippen LogP contribution in [0.25, 0.3) is 0 Å². The van der Waals surface area contributed by atoms with E-state index in [1.165, 1.54) is 37.9 Å². The summed E-state index contributed by atoms with van der Waals surface area (Å²) in [6.45, 7) is 5.37. The molecule has 1 N–H and O–H groups in total. The highest BCUT2D eigenvalue weighted by molar-refractivity contribution is 7.99. The van der Waals surface area contributed by atoms with Crippen LogP contribution >= 0.6 is 11.8 Å². The Morgan fingerprint density at radius 1 is 1.29 bits per heavy atom. The minimum absolute atomic E-state index is 0.229. The van der Waals surface area contributed by atoms with E-state index in [1.807, 2.05) is 11.8 Å². The second kappa shape index (κ2) is 8.00. The third-order valence-corrected chi connectivity index (χ3v) is 4.62. The highest BCUT2D eigenvalue weighted by atomic mass is 32.2. The molecule has 0 aromatic rings. The molecule has 0 spiro atoms. The Labute approximate surface area is 111 Å². The lowest BCUT2D eigenvalue weighted by Crippen LogP contribution is -2.48. The molecule has 0 heterocycles. The molecule has 0 aromatic heterocycles. The number of unbranched alkanes of at least 4 members (excludes halogenated alkanes) is 2. The number of rotatable bonds is 10. The van der Waals surface area contributed by atoms with Crippen molar-refractivity contribution in [2.75, 3.05) is 18.1 Å². The first-order valence-electron chi connectivity index (χ1n) is 7.03. The molecule has 1 aliphatic rings. The van der Waals surface area contributed by atoms with Crippen molar-refractivity contribution in [3.63, 3.8) is 0 Å². The Morgan fingerprint density at radius 3 is 2.59 bits per heavy atom. The lowest BCUT2D eigenvalue weighted by atomic mass is 9.97. The molecule has 0 amide bonds. The zero-order valence-electron chi connectivity index (χ0n) is 11.3. The van der Waals surface area contributed by atoms with Gasteiger partial charge in [0, 0.05) is 5.75 Å². The minimum atomic E-state index is -0.229. The summed E-state index contributed by atoms with van der Waals surface area (Å²) in [5, 5.41) is 13.0. The fourth-order valence-electron chi connectivity index (χ4n) is 2.09. The van der Waals surface area contributed by atoms with Crippen molar-refractivity contribution >= 4 is 11.8 Å². The van der Waals surface area contributed by atoms with Gasteiger partial charge in [0.15, 0.2) is 0 Å². The Hall–Kier alpha value is -0.200. The van der Waals surface area contributed by atoms with Crippen molar-refractivity contribution < 1.29 is 0 Å². The van der Waals surface area contributed by atoms with E-state index in [9.17, 15) is 5.26 Å². The van der Waals surface area contributed by atoms with E-state index in [0.717, 1.165) is 18.7 Å². The van der Waals surface area contributed by atoms with Crippen molar-refractivity contribution in [2.45, 2.75) is 57.9 Å². The van der Waals surface area contributed by atoms with E-state index >= 15 is 0 Å². The Balaban J connectivity index is 2.32. The van der Waals surface area contributed by atoms with Crippen LogP contribution in [0.1, 0.15) is 52.4 Å². The number of thioether (sulfide) groups is 1. The van der Waals surface area contributed by atoms with Crippen LogP contribution in [-0.4, -0.2) is 23.6 Å². The highest BCUT2D eigenvalue weighted by Gasteiger charge is 2.45. The van der Waals surface area contributed by atoms with E-state index in [2.05, 4.69) is 25.2 Å². The first-order valence-corrected chi connectivity index (χ1v) is 8.18. The van der Waals surface area contributed by atoms with E-state index < -0.39 is 0 Å². The van der Waals surface area contributed by atoms with Gasteiger partial charge in [0.1, 0.15) is 5.54 Å². The van der Waals surface area contributed by atoms with Crippen LogP contribution in [0.2, 0.25) is 0 Å². The van der Waals surface area contributed by atoms with Crippen LogP contribution in [0.15, 0.2) is 0 Å². The standard InChI is InChI=1S/C14H26N2S/c1-3-5-6-10-17-12-14(11-15,13-7-8-13)16-9-4-2/h13,16H,3-10,12H2,1-2H3. The molecule has 0 aromatic carbocycles. The SMILES string of the molecule is CCCCCSCC(C#N)(NCCC)C1CC1. The summed E-state index contributed by atoms with van der Waals surface area (Å²) in [5.74, 6) is 2.79. The predicted octanol–water partition coefficient (Wildman–Crippen LogP) is 3.58. The fraction of sp³-hybridized carbons (Fsp3) is 0.929. The zero-order valence-corrected chi connectivity index (χ0v) is 12.1. The van der Waals surface area contributed by atoms with Crippen LogP contribution < -0.4 is 5.32 Å². The minimum Gasteiger partial charge on any atom is -0.298 e. The zero-order chi connectivity index (χ0) is 12.6. The first kappa shape index (κ1) is 14.9. The molecule has 1 unspecified atom stereocenters. The molecule has 98 valence electrons. The lowest BCUT2D eigenvalue weighted by Gasteiger charge is -2.27. The molecule has 1 rings (SSSR count). The van der Waals surface area contributed by atoms with Gasteiger partial charge >= 0.3 is 0 Å². The van der Waals surface area contributed by atoms with Gasteiger partial charge in [0.25, 0.3) is 0 Å². The topological polar surface area (TPSA) is 35.8 Å². The monoisotopic (exact) mass is 254 g/mol. The van der Waals surface area contributed by atoms with Crippen molar-refractivity contribution in [3.05, 3.63) is 0 Å². The van der Waals surface area contributed by atoms with Gasteiger partial charge in [-0.1, -0.05) is 26.7 Å². The maximum absolute atomic E-state index is 9.49. The van der Waals surface area contributed by atoms with Gasteiger partial charge < -0.3 is 0 Å². The average Bonchev–Trinajstić information content (AvgIpc) is 3.18. The average molecular weight is 254 g/mol. The van der Waals surface area contributed by atoms with E-state index in [1.54, 1.807) is 0 Å². The molecule has 2 nitrogen and oxygen atoms in total. The quantitative estimate of drug-likeness (QED) is 0.605. The van der Waals surface area contributed by atoms with Gasteiger partial charge in [-0.05, 0) is 43.9 Å². The van der Waals surface area contributed by atoms with Gasteiger partial charge in [0.2, 0.25) is 0 Å². The summed E-state index contributed by atoms with van der Waals surface area (Å²) in [7, 11) is 0. The second-order valence-corrected chi connectivity index (χ2v) is 6.15. The van der Waals surface area contributed by atoms with Gasteiger partial charge in [-0.25, -0.2) is 0 Å². The van der Waals surface area contributed by atoms with Crippen LogP contribution in [-0.2, 0) is 0 Å². The molecular weight excluding hydrogens is 228 g/mol. The molecule has 0 saturated heterocycles. The summed E-state index contributed by atoms with van der Waals surface area (Å²) in [6.07, 6.45) is 7.47. The predicted molar refractivity (Wildman–Crippen MR) is 76.2 cm³/mol. The first-order chi connectivity index (χ1) is 8.29. The molecule has 1 saturated carbocycles. The molecule has 3 heteroatoms. The summed E-state index contributed by atoms with van der Waals surface area (Å²) in [4.78, 5) is 0. The van der Waals surface area contributed by atoms with E-state index in [0.29, 0.717) is 5.92 Å². The third kappa shape index (κ3) is 4.89. The number of nitriles is 1. The van der Waals surface area contributed by atoms with Crippen molar-refractivity contribution in [1.29, 1.82) is 5.26 Å². The molecular formula is C14H26N2S. The normalized spacial score (nSPS) is 18.6. The van der Waals surface area contributed by atoms with Crippen LogP contribution in [0.3, 0.4) is 0 Å².